The summed E-state index contributed by atoms with van der Waals surface area (Å²) in [5.41, 5.74) is 23.6. The second kappa shape index (κ2) is 29.8. The summed E-state index contributed by atoms with van der Waals surface area (Å²) in [6.45, 7) is 7.59. The van der Waals surface area contributed by atoms with E-state index in [4.69, 9.17) is 22.9 Å². The third-order valence-electron chi connectivity index (χ3n) is 11.5. The molecule has 3 rings (SSSR count). The molecule has 0 aliphatic carbocycles. The van der Waals surface area contributed by atoms with E-state index in [1.807, 2.05) is 20.1 Å². The lowest BCUT2D eigenvalue weighted by molar-refractivity contribution is -0.135. The third kappa shape index (κ3) is 20.2. The Labute approximate surface area is 432 Å². The molecular formula is C47H71N15O11S. The Balaban J connectivity index is 1.75. The highest BCUT2D eigenvalue weighted by Gasteiger charge is 2.34. The zero-order chi connectivity index (χ0) is 55.2. The molecule has 74 heavy (non-hydrogen) atoms. The SMILES string of the molecule is CSCC[C@H](NC(=O)[C@H](CC(C)C)NC(=O)[C@H](Cc1cnc[nH]1)NC(=O)CNC(=O)[C@@H](NC(=O)[C@H](C)NC(=O)[C@H](Cc1c[nH]c2ccccc12)NC(=O)[C@H](CCC(N)=O)NC(=O)[C@@H](N)CC(N)=O)C(C)C)C(N)=O. The maximum absolute atomic E-state index is 14.1. The fraction of sp³-hybridized carbons (Fsp3) is 0.532. The van der Waals surface area contributed by atoms with Crippen molar-refractivity contribution in [2.24, 2.45) is 34.8 Å². The number of aromatic amines is 2. The molecule has 2 aromatic heterocycles. The Morgan fingerprint density at radius 3 is 1.86 bits per heavy atom. The van der Waals surface area contributed by atoms with E-state index in [9.17, 15) is 52.7 Å². The Kier molecular flexibility index (Phi) is 24.5. The molecule has 0 spiro atoms. The van der Waals surface area contributed by atoms with Crippen LogP contribution in [0.3, 0.4) is 0 Å². The molecule has 0 saturated heterocycles. The molecule has 0 aliphatic rings. The first-order valence-electron chi connectivity index (χ1n) is 23.9. The van der Waals surface area contributed by atoms with E-state index in [0.717, 1.165) is 5.52 Å². The topological polar surface area (TPSA) is 433 Å². The fourth-order valence-electron chi connectivity index (χ4n) is 7.46. The molecule has 0 fully saturated rings. The quantitative estimate of drug-likeness (QED) is 0.0290. The number of nitrogens with one attached hydrogen (secondary N) is 10. The van der Waals surface area contributed by atoms with Gasteiger partial charge >= 0.3 is 0 Å². The average molecular weight is 1050 g/mol. The summed E-state index contributed by atoms with van der Waals surface area (Å²) in [7, 11) is 0. The van der Waals surface area contributed by atoms with Crippen LogP contribution >= 0.6 is 11.8 Å². The molecule has 11 amide bonds. The van der Waals surface area contributed by atoms with Crippen LogP contribution in [0.5, 0.6) is 0 Å². The van der Waals surface area contributed by atoms with Gasteiger partial charge in [0.2, 0.25) is 65.0 Å². The first kappa shape index (κ1) is 60.8. The Morgan fingerprint density at radius 1 is 0.649 bits per heavy atom. The molecule has 26 nitrogen and oxygen atoms in total. The number of aromatic nitrogens is 3. The molecule has 3 aromatic rings. The second-order valence-electron chi connectivity index (χ2n) is 18.5. The van der Waals surface area contributed by atoms with Gasteiger partial charge in [0.1, 0.15) is 42.3 Å². The minimum atomic E-state index is -1.46. The third-order valence-corrected chi connectivity index (χ3v) is 12.1. The molecule has 0 radical (unpaired) electrons. The van der Waals surface area contributed by atoms with Crippen LogP contribution in [-0.2, 0) is 65.6 Å². The number of thioether (sulfide) groups is 1. The van der Waals surface area contributed by atoms with Gasteiger partial charge < -0.3 is 75.4 Å². The summed E-state index contributed by atoms with van der Waals surface area (Å²) in [4.78, 5) is 154. The number of benzene rings is 1. The number of para-hydroxylation sites is 1. The molecule has 0 aliphatic heterocycles. The van der Waals surface area contributed by atoms with Crippen molar-refractivity contribution in [1.29, 1.82) is 0 Å². The van der Waals surface area contributed by atoms with E-state index >= 15 is 0 Å². The molecular weight excluding hydrogens is 983 g/mol. The van der Waals surface area contributed by atoms with Crippen molar-refractivity contribution in [3.63, 3.8) is 0 Å². The molecule has 0 unspecified atom stereocenters. The molecule has 406 valence electrons. The number of fused-ring (bicyclic) bond motifs is 1. The number of nitrogens with zero attached hydrogens (tertiary/aromatic N) is 1. The smallest absolute Gasteiger partial charge is 0.243 e. The summed E-state index contributed by atoms with van der Waals surface area (Å²) in [6.07, 6.45) is 5.28. The molecule has 27 heteroatoms. The number of H-pyrrole nitrogens is 2. The molecule has 0 saturated carbocycles. The largest absolute Gasteiger partial charge is 0.370 e. The lowest BCUT2D eigenvalue weighted by Crippen LogP contribution is -2.59. The van der Waals surface area contributed by atoms with E-state index in [1.165, 1.54) is 31.2 Å². The van der Waals surface area contributed by atoms with Gasteiger partial charge in [-0.15, -0.1) is 0 Å². The normalized spacial score (nSPS) is 14.4. The van der Waals surface area contributed by atoms with Crippen LogP contribution in [0.2, 0.25) is 0 Å². The van der Waals surface area contributed by atoms with E-state index in [-0.39, 0.29) is 44.4 Å². The van der Waals surface area contributed by atoms with Crippen molar-refractivity contribution in [2.75, 3.05) is 18.6 Å². The number of nitrogens with two attached hydrogens (primary N) is 4. The van der Waals surface area contributed by atoms with Gasteiger partial charge in [-0.05, 0) is 61.7 Å². The first-order valence-corrected chi connectivity index (χ1v) is 25.3. The summed E-state index contributed by atoms with van der Waals surface area (Å²) in [6, 6.07) is -3.14. The van der Waals surface area contributed by atoms with Gasteiger partial charge in [0, 0.05) is 48.3 Å². The van der Waals surface area contributed by atoms with Gasteiger partial charge in [-0.3, -0.25) is 52.7 Å². The summed E-state index contributed by atoms with van der Waals surface area (Å²) in [5, 5.41) is 21.2. The highest BCUT2D eigenvalue weighted by Crippen LogP contribution is 2.20. The lowest BCUT2D eigenvalue weighted by atomic mass is 10.0. The van der Waals surface area contributed by atoms with E-state index in [1.54, 1.807) is 44.3 Å². The van der Waals surface area contributed by atoms with Crippen LogP contribution in [0.4, 0.5) is 0 Å². The average Bonchev–Trinajstić information content (AvgIpc) is 4.01. The molecule has 0 bridgehead atoms. The summed E-state index contributed by atoms with van der Waals surface area (Å²) < 4.78 is 0. The van der Waals surface area contributed by atoms with Gasteiger partial charge in [-0.2, -0.15) is 11.8 Å². The minimum absolute atomic E-state index is 0.0837. The number of imidazole rings is 1. The van der Waals surface area contributed by atoms with Crippen molar-refractivity contribution in [3.05, 3.63) is 54.2 Å². The van der Waals surface area contributed by atoms with Gasteiger partial charge in [-0.25, -0.2) is 4.98 Å². The van der Waals surface area contributed by atoms with Gasteiger partial charge in [0.05, 0.1) is 25.3 Å². The number of carbonyl (C=O) groups excluding carboxylic acids is 11. The predicted molar refractivity (Wildman–Crippen MR) is 273 cm³/mol. The lowest BCUT2D eigenvalue weighted by Gasteiger charge is -2.27. The van der Waals surface area contributed by atoms with Crippen LogP contribution in [0, 0.1) is 11.8 Å². The minimum Gasteiger partial charge on any atom is -0.370 e. The molecule has 2 heterocycles. The van der Waals surface area contributed by atoms with Crippen LogP contribution < -0.4 is 65.5 Å². The standard InChI is InChI=1S/C47H71N15O11S/c1-23(2)15-33(45(71)58-31(40(51)66)13-14-74-6)60-46(72)35(17-27-20-52-22-55-27)57-38(65)21-54-47(73)39(24(3)4)62-41(67)25(5)56-44(70)34(16-26-19-53-30-10-8-7-9-28(26)30)61-43(69)32(11-12-36(49)63)59-42(68)29(48)18-37(50)64/h7-10,19-20,22-25,29,31-35,39,53H,11-18,21,48H2,1-6H3,(H2,49,63)(H2,50,64)(H2,51,66)(H,52,55)(H,54,73)(H,56,70)(H,57,65)(H,58,71)(H,59,68)(H,60,72)(H,61,69)(H,62,67)/t25-,29-,31-,32-,33-,34-,35-,39-/m0/s1. The monoisotopic (exact) mass is 1050 g/mol. The number of primary amides is 3. The molecule has 18 N–H and O–H groups in total. The van der Waals surface area contributed by atoms with Crippen LogP contribution in [0.25, 0.3) is 10.9 Å². The van der Waals surface area contributed by atoms with Crippen molar-refractivity contribution >= 4 is 87.6 Å². The number of rotatable bonds is 32. The zero-order valence-electron chi connectivity index (χ0n) is 42.3. The predicted octanol–water partition coefficient (Wildman–Crippen LogP) is -3.39. The Bertz CT molecular complexity index is 2450. The first-order chi connectivity index (χ1) is 34.9. The number of carbonyl (C=O) groups is 11. The van der Waals surface area contributed by atoms with Gasteiger partial charge in [0.25, 0.3) is 0 Å². The Morgan fingerprint density at radius 2 is 1.26 bits per heavy atom. The molecule has 1 aromatic carbocycles. The van der Waals surface area contributed by atoms with Crippen molar-refractivity contribution in [2.45, 2.75) is 128 Å². The van der Waals surface area contributed by atoms with Crippen molar-refractivity contribution in [3.8, 4) is 0 Å². The van der Waals surface area contributed by atoms with Crippen molar-refractivity contribution in [1.82, 2.24) is 57.5 Å². The number of hydrogen-bond donors (Lipinski definition) is 14. The number of hydrogen-bond acceptors (Lipinski definition) is 14. The summed E-state index contributed by atoms with van der Waals surface area (Å²) in [5.74, 6) is -9.06. The van der Waals surface area contributed by atoms with Crippen LogP contribution in [-0.4, -0.2) is 147 Å². The van der Waals surface area contributed by atoms with Gasteiger partial charge in [-0.1, -0.05) is 45.9 Å². The maximum atomic E-state index is 14.1. The highest BCUT2D eigenvalue weighted by atomic mass is 32.2. The van der Waals surface area contributed by atoms with Crippen LogP contribution in [0.1, 0.15) is 78.0 Å². The van der Waals surface area contributed by atoms with E-state index in [2.05, 4.69) is 57.5 Å². The highest BCUT2D eigenvalue weighted by molar-refractivity contribution is 7.98. The summed E-state index contributed by atoms with van der Waals surface area (Å²) >= 11 is 1.46. The van der Waals surface area contributed by atoms with Crippen LogP contribution in [0.15, 0.2) is 43.0 Å². The molecule has 8 atom stereocenters. The Hall–Kier alpha value is -7.55. The number of amides is 11. The van der Waals surface area contributed by atoms with Crippen molar-refractivity contribution < 1.29 is 52.7 Å². The maximum Gasteiger partial charge on any atom is 0.243 e. The van der Waals surface area contributed by atoms with Gasteiger partial charge in [0.15, 0.2) is 0 Å². The van der Waals surface area contributed by atoms with E-state index < -0.39 is 132 Å². The second-order valence-corrected chi connectivity index (χ2v) is 19.5. The van der Waals surface area contributed by atoms with E-state index in [0.29, 0.717) is 22.4 Å². The zero-order valence-corrected chi connectivity index (χ0v) is 43.2. The fourth-order valence-corrected chi connectivity index (χ4v) is 7.93.